The van der Waals surface area contributed by atoms with E-state index in [-0.39, 0.29) is 5.41 Å². The van der Waals surface area contributed by atoms with Crippen LogP contribution in [0.5, 0.6) is 0 Å². The Hall–Kier alpha value is -0.530. The van der Waals surface area contributed by atoms with E-state index in [9.17, 15) is 0 Å². The highest BCUT2D eigenvalue weighted by molar-refractivity contribution is 5.87. The molecule has 0 radical (unpaired) electrons. The molecule has 0 heterocycles. The van der Waals surface area contributed by atoms with Crippen LogP contribution in [-0.2, 0) is 0 Å². The molecule has 0 N–H and O–H groups in total. The molecule has 0 unspecified atom stereocenters. The average molecular weight is 198 g/mol. The summed E-state index contributed by atoms with van der Waals surface area (Å²) in [6.07, 6.45) is 0. The van der Waals surface area contributed by atoms with E-state index >= 15 is 0 Å². The fourth-order valence-corrected chi connectivity index (χ4v) is 1.92. The Morgan fingerprint density at radius 3 is 1.43 bits per heavy atom. The van der Waals surface area contributed by atoms with Crippen molar-refractivity contribution < 1.29 is 0 Å². The Morgan fingerprint density at radius 2 is 1.36 bits per heavy atom. The van der Waals surface area contributed by atoms with Gasteiger partial charge < -0.3 is 4.90 Å². The Bertz CT molecular complexity index is 189. The minimum atomic E-state index is 0.128. The van der Waals surface area contributed by atoms with Gasteiger partial charge in [0.25, 0.3) is 0 Å². The first kappa shape index (κ1) is 13.5. The predicted octanol–water partition coefficient (Wildman–Crippen LogP) is 3.18. The van der Waals surface area contributed by atoms with Crippen molar-refractivity contribution >= 4 is 5.84 Å². The third-order valence-electron chi connectivity index (χ3n) is 2.24. The molecule has 0 spiro atoms. The number of hydrogen-bond acceptors (Lipinski definition) is 1. The zero-order valence-electron chi connectivity index (χ0n) is 11.0. The maximum absolute atomic E-state index is 4.44. The lowest BCUT2D eigenvalue weighted by atomic mass is 9.92. The summed E-state index contributed by atoms with van der Waals surface area (Å²) in [7, 11) is 1.89. The van der Waals surface area contributed by atoms with Gasteiger partial charge in [-0.2, -0.15) is 0 Å². The molecule has 0 aromatic rings. The van der Waals surface area contributed by atoms with Crippen molar-refractivity contribution in [3.05, 3.63) is 0 Å². The smallest absolute Gasteiger partial charge is 0.104 e. The molecule has 2 nitrogen and oxygen atoms in total. The van der Waals surface area contributed by atoms with Crippen molar-refractivity contribution in [3.63, 3.8) is 0 Å². The van der Waals surface area contributed by atoms with Crippen LogP contribution < -0.4 is 0 Å². The van der Waals surface area contributed by atoms with Gasteiger partial charge in [0.1, 0.15) is 5.84 Å². The highest BCUT2D eigenvalue weighted by Gasteiger charge is 2.27. The summed E-state index contributed by atoms with van der Waals surface area (Å²) < 4.78 is 0. The molecule has 0 atom stereocenters. The van der Waals surface area contributed by atoms with Gasteiger partial charge in [-0.25, -0.2) is 0 Å². The van der Waals surface area contributed by atoms with E-state index in [2.05, 4.69) is 58.4 Å². The Kier molecular flexibility index (Phi) is 4.63. The summed E-state index contributed by atoms with van der Waals surface area (Å²) in [4.78, 5) is 6.83. The molecule has 0 aromatic heterocycles. The van der Waals surface area contributed by atoms with E-state index in [1.807, 2.05) is 7.05 Å². The van der Waals surface area contributed by atoms with Crippen LogP contribution in [0.3, 0.4) is 0 Å². The largest absolute Gasteiger partial charge is 0.355 e. The highest BCUT2D eigenvalue weighted by atomic mass is 15.2. The summed E-state index contributed by atoms with van der Waals surface area (Å²) >= 11 is 0. The molecule has 0 rings (SSSR count). The molecule has 0 saturated heterocycles. The fraction of sp³-hybridized carbons (Fsp3) is 0.917. The van der Waals surface area contributed by atoms with Gasteiger partial charge in [-0.15, -0.1) is 0 Å². The van der Waals surface area contributed by atoms with E-state index in [0.717, 1.165) is 0 Å². The van der Waals surface area contributed by atoms with Gasteiger partial charge in [0, 0.05) is 24.5 Å². The first-order valence-electron chi connectivity index (χ1n) is 5.47. The second-order valence-corrected chi connectivity index (χ2v) is 5.39. The van der Waals surface area contributed by atoms with Crippen molar-refractivity contribution in [1.82, 2.24) is 4.90 Å². The molecule has 0 aliphatic heterocycles. The van der Waals surface area contributed by atoms with Gasteiger partial charge >= 0.3 is 0 Å². The first-order chi connectivity index (χ1) is 6.21. The van der Waals surface area contributed by atoms with Gasteiger partial charge in [0.2, 0.25) is 0 Å². The number of aliphatic imine (C=N–C) groups is 1. The quantitative estimate of drug-likeness (QED) is 0.491. The van der Waals surface area contributed by atoms with E-state index in [1.165, 1.54) is 5.84 Å². The summed E-state index contributed by atoms with van der Waals surface area (Å²) in [6.45, 7) is 15.5. The molecule has 0 saturated carbocycles. The van der Waals surface area contributed by atoms with Gasteiger partial charge in [-0.1, -0.05) is 20.8 Å². The van der Waals surface area contributed by atoms with Crippen molar-refractivity contribution in [2.24, 2.45) is 10.4 Å². The van der Waals surface area contributed by atoms with E-state index in [0.29, 0.717) is 12.1 Å². The topological polar surface area (TPSA) is 15.6 Å². The van der Waals surface area contributed by atoms with Crippen LogP contribution >= 0.6 is 0 Å². The second-order valence-electron chi connectivity index (χ2n) is 5.39. The third-order valence-corrected chi connectivity index (χ3v) is 2.24. The zero-order chi connectivity index (χ0) is 11.5. The summed E-state index contributed by atoms with van der Waals surface area (Å²) in [6, 6.07) is 1.01. The third kappa shape index (κ3) is 3.32. The van der Waals surface area contributed by atoms with Crippen LogP contribution in [0.2, 0.25) is 0 Å². The molecule has 14 heavy (non-hydrogen) atoms. The molecule has 0 bridgehead atoms. The number of hydrogen-bond donors (Lipinski definition) is 0. The summed E-state index contributed by atoms with van der Waals surface area (Å²) in [5.41, 5.74) is 0.128. The maximum atomic E-state index is 4.44. The SMILES string of the molecule is CN=C(N(C(C)C)C(C)C)C(C)(C)C. The maximum Gasteiger partial charge on any atom is 0.104 e. The van der Waals surface area contributed by atoms with Crippen LogP contribution in [0.25, 0.3) is 0 Å². The van der Waals surface area contributed by atoms with Crippen LogP contribution in [0, 0.1) is 5.41 Å². The monoisotopic (exact) mass is 198 g/mol. The van der Waals surface area contributed by atoms with Crippen LogP contribution in [-0.4, -0.2) is 29.9 Å². The van der Waals surface area contributed by atoms with Crippen molar-refractivity contribution in [3.8, 4) is 0 Å². The van der Waals surface area contributed by atoms with Crippen LogP contribution in [0.1, 0.15) is 48.5 Å². The average Bonchev–Trinajstić information content (AvgIpc) is 1.95. The van der Waals surface area contributed by atoms with E-state index in [1.54, 1.807) is 0 Å². The lowest BCUT2D eigenvalue weighted by Gasteiger charge is -2.39. The number of nitrogens with zero attached hydrogens (tertiary/aromatic N) is 2. The molecule has 0 aromatic carbocycles. The predicted molar refractivity (Wildman–Crippen MR) is 64.9 cm³/mol. The fourth-order valence-electron chi connectivity index (χ4n) is 1.92. The summed E-state index contributed by atoms with van der Waals surface area (Å²) in [5.74, 6) is 1.20. The molecule has 84 valence electrons. The Labute approximate surface area is 89.4 Å². The Morgan fingerprint density at radius 1 is 1.00 bits per heavy atom. The minimum absolute atomic E-state index is 0.128. The molecule has 2 heteroatoms. The standard InChI is InChI=1S/C12H26N2/c1-9(2)14(10(3)4)11(13-8)12(5,6)7/h9-10H,1-8H3. The zero-order valence-corrected chi connectivity index (χ0v) is 11.0. The Balaban J connectivity index is 4.99. The van der Waals surface area contributed by atoms with Gasteiger partial charge in [0.05, 0.1) is 0 Å². The van der Waals surface area contributed by atoms with Gasteiger partial charge in [0.15, 0.2) is 0 Å². The minimum Gasteiger partial charge on any atom is -0.355 e. The molecule has 0 aliphatic carbocycles. The lowest BCUT2D eigenvalue weighted by molar-refractivity contribution is 0.264. The molecule has 0 amide bonds. The molecular weight excluding hydrogens is 172 g/mol. The number of rotatable bonds is 2. The van der Waals surface area contributed by atoms with Crippen LogP contribution in [0.4, 0.5) is 0 Å². The van der Waals surface area contributed by atoms with E-state index < -0.39 is 0 Å². The second kappa shape index (κ2) is 4.81. The molecular formula is C12H26N2. The summed E-state index contributed by atoms with van der Waals surface area (Å²) in [5, 5.41) is 0. The lowest BCUT2D eigenvalue weighted by Crippen LogP contribution is -2.47. The molecule has 0 fully saturated rings. The van der Waals surface area contributed by atoms with E-state index in [4.69, 9.17) is 0 Å². The van der Waals surface area contributed by atoms with Crippen LogP contribution in [0.15, 0.2) is 4.99 Å². The number of amidine groups is 1. The van der Waals surface area contributed by atoms with Crippen molar-refractivity contribution in [2.45, 2.75) is 60.5 Å². The van der Waals surface area contributed by atoms with Gasteiger partial charge in [-0.3, -0.25) is 4.99 Å². The van der Waals surface area contributed by atoms with Crippen molar-refractivity contribution in [1.29, 1.82) is 0 Å². The van der Waals surface area contributed by atoms with Gasteiger partial charge in [-0.05, 0) is 27.7 Å². The normalized spacial score (nSPS) is 14.0. The highest BCUT2D eigenvalue weighted by Crippen LogP contribution is 2.22. The van der Waals surface area contributed by atoms with Crippen molar-refractivity contribution in [2.75, 3.05) is 7.05 Å². The molecule has 0 aliphatic rings. The first-order valence-corrected chi connectivity index (χ1v) is 5.47.